The normalized spacial score (nSPS) is 15.7. The minimum absolute atomic E-state index is 0.0497. The number of nitrogens with one attached hydrogen (secondary N) is 1. The quantitative estimate of drug-likeness (QED) is 0.468. The number of hydrogen-bond acceptors (Lipinski definition) is 7. The van der Waals surface area contributed by atoms with Gasteiger partial charge in [0.05, 0.1) is 0 Å². The van der Waals surface area contributed by atoms with Crippen molar-refractivity contribution in [1.29, 1.82) is 0 Å². The fourth-order valence-corrected chi connectivity index (χ4v) is 4.52. The maximum absolute atomic E-state index is 12.6. The lowest BCUT2D eigenvalue weighted by molar-refractivity contribution is -0.131. The maximum Gasteiger partial charge on any atom is 0.308 e. The highest BCUT2D eigenvalue weighted by molar-refractivity contribution is 7.15. The van der Waals surface area contributed by atoms with Gasteiger partial charge in [0.15, 0.2) is 0 Å². The van der Waals surface area contributed by atoms with E-state index in [0.717, 1.165) is 16.8 Å². The summed E-state index contributed by atoms with van der Waals surface area (Å²) in [5.74, 6) is -0.429. The van der Waals surface area contributed by atoms with Crippen molar-refractivity contribution in [2.45, 2.75) is 33.1 Å². The van der Waals surface area contributed by atoms with Crippen LogP contribution in [-0.4, -0.2) is 34.5 Å². The largest absolute Gasteiger partial charge is 0.427 e. The Kier molecular flexibility index (Phi) is 6.00. The van der Waals surface area contributed by atoms with Gasteiger partial charge >= 0.3 is 5.97 Å². The van der Waals surface area contributed by atoms with E-state index in [1.54, 1.807) is 29.2 Å². The molecule has 1 fully saturated rings. The number of aromatic nitrogens is 2. The van der Waals surface area contributed by atoms with Gasteiger partial charge in [-0.2, -0.15) is 0 Å². The van der Waals surface area contributed by atoms with E-state index in [1.165, 1.54) is 18.3 Å². The lowest BCUT2D eigenvalue weighted by Gasteiger charge is -2.17. The van der Waals surface area contributed by atoms with Crippen LogP contribution in [0.1, 0.15) is 45.8 Å². The van der Waals surface area contributed by atoms with E-state index in [4.69, 9.17) is 4.74 Å². The molecule has 32 heavy (non-hydrogen) atoms. The maximum atomic E-state index is 12.6. The molecule has 0 radical (unpaired) electrons. The van der Waals surface area contributed by atoms with E-state index in [0.29, 0.717) is 34.4 Å². The summed E-state index contributed by atoms with van der Waals surface area (Å²) in [5, 5.41) is 12.1. The van der Waals surface area contributed by atoms with Crippen molar-refractivity contribution in [3.63, 3.8) is 0 Å². The van der Waals surface area contributed by atoms with E-state index < -0.39 is 5.97 Å². The predicted octanol–water partition coefficient (Wildman–Crippen LogP) is 3.85. The Bertz CT molecular complexity index is 1170. The molecule has 2 heterocycles. The van der Waals surface area contributed by atoms with Crippen LogP contribution in [0.3, 0.4) is 0 Å². The van der Waals surface area contributed by atoms with Crippen LogP contribution in [0.2, 0.25) is 0 Å². The molecule has 1 saturated heterocycles. The summed E-state index contributed by atoms with van der Waals surface area (Å²) < 4.78 is 4.97. The minimum Gasteiger partial charge on any atom is -0.427 e. The van der Waals surface area contributed by atoms with Gasteiger partial charge < -0.3 is 9.64 Å². The molecule has 0 bridgehead atoms. The monoisotopic (exact) mass is 450 g/mol. The van der Waals surface area contributed by atoms with Gasteiger partial charge in [0.2, 0.25) is 11.0 Å². The lowest BCUT2D eigenvalue weighted by Crippen LogP contribution is -2.24. The number of carbonyl (C=O) groups is 3. The number of hydrogen-bond donors (Lipinski definition) is 1. The molecule has 0 spiro atoms. The molecule has 1 atom stereocenters. The zero-order valence-corrected chi connectivity index (χ0v) is 18.7. The summed E-state index contributed by atoms with van der Waals surface area (Å²) in [6, 6.07) is 12.3. The zero-order valence-electron chi connectivity index (χ0n) is 17.9. The Morgan fingerprint density at radius 2 is 1.78 bits per heavy atom. The fourth-order valence-electron chi connectivity index (χ4n) is 3.69. The van der Waals surface area contributed by atoms with Crippen molar-refractivity contribution in [1.82, 2.24) is 10.2 Å². The number of esters is 1. The Labute approximate surface area is 189 Å². The summed E-state index contributed by atoms with van der Waals surface area (Å²) >= 11 is 1.27. The van der Waals surface area contributed by atoms with Crippen LogP contribution in [0.5, 0.6) is 5.75 Å². The average Bonchev–Trinajstić information content (AvgIpc) is 3.34. The molecule has 1 N–H and O–H groups in total. The molecule has 2 amide bonds. The number of aryl methyl sites for hydroxylation is 2. The van der Waals surface area contributed by atoms with E-state index in [-0.39, 0.29) is 17.7 Å². The number of anilines is 2. The van der Waals surface area contributed by atoms with Gasteiger partial charge in [-0.3, -0.25) is 19.7 Å². The van der Waals surface area contributed by atoms with Crippen LogP contribution >= 0.6 is 11.3 Å². The van der Waals surface area contributed by atoms with Crippen LogP contribution < -0.4 is 15.0 Å². The Balaban J connectivity index is 1.42. The summed E-state index contributed by atoms with van der Waals surface area (Å²) in [5.41, 5.74) is 3.51. The number of nitrogens with zero attached hydrogens (tertiary/aromatic N) is 3. The molecule has 1 aliphatic rings. The second-order valence-corrected chi connectivity index (χ2v) is 8.78. The molecule has 9 heteroatoms. The lowest BCUT2D eigenvalue weighted by atomic mass is 10.1. The standard InChI is InChI=1S/C23H22N4O4S/c1-13-8-14(2)10-18(9-13)27-12-17(11-20(27)29)22-25-26-23(32-22)24-21(30)16-4-6-19(7-5-16)31-15(3)28/h4-10,17H,11-12H2,1-3H3,(H,24,26,30). The van der Waals surface area contributed by atoms with Crippen LogP contribution in [0.25, 0.3) is 0 Å². The fraction of sp³-hybridized carbons (Fsp3) is 0.261. The molecule has 0 saturated carbocycles. The molecular formula is C23H22N4O4S. The SMILES string of the molecule is CC(=O)Oc1ccc(C(=O)Nc2nnc(C3CC(=O)N(c4cc(C)cc(C)c4)C3)s2)cc1. The van der Waals surface area contributed by atoms with Gasteiger partial charge in [0.25, 0.3) is 5.91 Å². The molecule has 1 aromatic heterocycles. The number of benzene rings is 2. The van der Waals surface area contributed by atoms with Crippen molar-refractivity contribution in [2.75, 3.05) is 16.8 Å². The molecule has 1 unspecified atom stereocenters. The summed E-state index contributed by atoms with van der Waals surface area (Å²) in [6.45, 7) is 5.87. The van der Waals surface area contributed by atoms with E-state index in [9.17, 15) is 14.4 Å². The smallest absolute Gasteiger partial charge is 0.308 e. The van der Waals surface area contributed by atoms with Crippen LogP contribution in [0.15, 0.2) is 42.5 Å². The summed E-state index contributed by atoms with van der Waals surface area (Å²) in [4.78, 5) is 37.9. The highest BCUT2D eigenvalue weighted by atomic mass is 32.1. The summed E-state index contributed by atoms with van der Waals surface area (Å²) in [7, 11) is 0. The van der Waals surface area contributed by atoms with Crippen molar-refractivity contribution in [3.8, 4) is 5.75 Å². The van der Waals surface area contributed by atoms with Crippen LogP contribution in [0.4, 0.5) is 10.8 Å². The van der Waals surface area contributed by atoms with Gasteiger partial charge in [0, 0.05) is 37.1 Å². The topological polar surface area (TPSA) is 101 Å². The van der Waals surface area contributed by atoms with Crippen LogP contribution in [-0.2, 0) is 9.59 Å². The number of ether oxygens (including phenoxy) is 1. The van der Waals surface area contributed by atoms with Gasteiger partial charge in [-0.25, -0.2) is 0 Å². The second-order valence-electron chi connectivity index (χ2n) is 7.77. The van der Waals surface area contributed by atoms with Gasteiger partial charge in [0.1, 0.15) is 10.8 Å². The first-order valence-electron chi connectivity index (χ1n) is 10.1. The second kappa shape index (κ2) is 8.88. The molecule has 2 aromatic carbocycles. The third-order valence-electron chi connectivity index (χ3n) is 5.03. The number of carbonyl (C=O) groups excluding carboxylic acids is 3. The van der Waals surface area contributed by atoms with E-state index in [2.05, 4.69) is 21.6 Å². The molecule has 164 valence electrons. The molecule has 3 aromatic rings. The van der Waals surface area contributed by atoms with Crippen molar-refractivity contribution < 1.29 is 19.1 Å². The first-order valence-corrected chi connectivity index (χ1v) is 10.9. The highest BCUT2D eigenvalue weighted by Crippen LogP contribution is 2.35. The number of rotatable bonds is 5. The molecule has 1 aliphatic heterocycles. The van der Waals surface area contributed by atoms with Crippen molar-refractivity contribution in [2.24, 2.45) is 0 Å². The molecular weight excluding hydrogens is 428 g/mol. The van der Waals surface area contributed by atoms with Crippen LogP contribution in [0, 0.1) is 13.8 Å². The van der Waals surface area contributed by atoms with E-state index >= 15 is 0 Å². The zero-order chi connectivity index (χ0) is 22.8. The predicted molar refractivity (Wildman–Crippen MR) is 121 cm³/mol. The van der Waals surface area contributed by atoms with Gasteiger partial charge in [-0.05, 0) is 61.4 Å². The average molecular weight is 451 g/mol. The highest BCUT2D eigenvalue weighted by Gasteiger charge is 2.34. The number of amides is 2. The summed E-state index contributed by atoms with van der Waals surface area (Å²) in [6.07, 6.45) is 0.354. The first kappa shape index (κ1) is 21.6. The Morgan fingerprint density at radius 3 is 2.44 bits per heavy atom. The van der Waals surface area contributed by atoms with Gasteiger partial charge in [-0.15, -0.1) is 10.2 Å². The third-order valence-corrected chi connectivity index (χ3v) is 6.03. The molecule has 8 nitrogen and oxygen atoms in total. The van der Waals surface area contributed by atoms with Gasteiger partial charge in [-0.1, -0.05) is 17.4 Å². The molecule has 0 aliphatic carbocycles. The molecule has 4 rings (SSSR count). The Hall–Kier alpha value is -3.59. The minimum atomic E-state index is -0.426. The van der Waals surface area contributed by atoms with E-state index in [1.807, 2.05) is 26.0 Å². The third kappa shape index (κ3) is 4.83. The first-order chi connectivity index (χ1) is 15.3. The van der Waals surface area contributed by atoms with Crippen molar-refractivity contribution >= 4 is 39.9 Å². The van der Waals surface area contributed by atoms with Crippen molar-refractivity contribution in [3.05, 3.63) is 64.2 Å². The Morgan fingerprint density at radius 1 is 1.09 bits per heavy atom.